The minimum Gasteiger partial charge on any atom is -0.482 e. The fourth-order valence-corrected chi connectivity index (χ4v) is 2.03. The maximum Gasteiger partial charge on any atom is 0.344 e. The van der Waals surface area contributed by atoms with Crippen LogP contribution in [0.1, 0.15) is 12.0 Å². The summed E-state index contributed by atoms with van der Waals surface area (Å²) >= 11 is 0. The Morgan fingerprint density at radius 1 is 1.28 bits per heavy atom. The van der Waals surface area contributed by atoms with Crippen molar-refractivity contribution in [2.75, 3.05) is 19.8 Å². The molecule has 25 heavy (non-hydrogen) atoms. The number of benzene rings is 1. The molecule has 0 fully saturated rings. The van der Waals surface area contributed by atoms with Crippen LogP contribution in [-0.2, 0) is 14.3 Å². The number of carbonyl (C=O) groups is 2. The molecule has 1 aromatic heterocycles. The summed E-state index contributed by atoms with van der Waals surface area (Å²) in [6.45, 7) is 1.15. The average molecular weight is 344 g/mol. The van der Waals surface area contributed by atoms with Crippen LogP contribution in [0.2, 0.25) is 0 Å². The maximum absolute atomic E-state index is 11.6. The Balaban J connectivity index is 1.85. The van der Waals surface area contributed by atoms with Gasteiger partial charge >= 0.3 is 11.6 Å². The summed E-state index contributed by atoms with van der Waals surface area (Å²) in [5.41, 5.74) is 0.663. The zero-order valence-corrected chi connectivity index (χ0v) is 13.5. The molecule has 0 spiro atoms. The van der Waals surface area contributed by atoms with Crippen LogP contribution in [-0.4, -0.2) is 31.6 Å². The summed E-state index contributed by atoms with van der Waals surface area (Å²) in [6.07, 6.45) is 0.181. The van der Waals surface area contributed by atoms with Gasteiger partial charge in [0, 0.05) is 24.1 Å². The summed E-state index contributed by atoms with van der Waals surface area (Å²) in [5.74, 6) is -0.885. The SMILES string of the molecule is Cc1cc(=O)oc2cc(OCC(=O)OCC(=O)NCCC#N)ccc12. The van der Waals surface area contributed by atoms with E-state index >= 15 is 0 Å². The molecule has 0 saturated heterocycles. The van der Waals surface area contributed by atoms with Gasteiger partial charge in [-0.15, -0.1) is 0 Å². The normalized spacial score (nSPS) is 10.1. The third-order valence-corrected chi connectivity index (χ3v) is 3.20. The van der Waals surface area contributed by atoms with Gasteiger partial charge in [-0.2, -0.15) is 5.26 Å². The number of carbonyl (C=O) groups excluding carboxylic acids is 2. The van der Waals surface area contributed by atoms with Gasteiger partial charge in [0.2, 0.25) is 0 Å². The van der Waals surface area contributed by atoms with E-state index < -0.39 is 30.7 Å². The fourth-order valence-electron chi connectivity index (χ4n) is 2.03. The lowest BCUT2D eigenvalue weighted by molar-refractivity contribution is -0.150. The van der Waals surface area contributed by atoms with E-state index in [4.69, 9.17) is 19.2 Å². The zero-order chi connectivity index (χ0) is 18.2. The van der Waals surface area contributed by atoms with E-state index in [9.17, 15) is 14.4 Å². The minimum atomic E-state index is -0.721. The van der Waals surface area contributed by atoms with Gasteiger partial charge < -0.3 is 19.2 Å². The van der Waals surface area contributed by atoms with Crippen LogP contribution in [0, 0.1) is 18.3 Å². The third kappa shape index (κ3) is 5.35. The predicted molar refractivity (Wildman–Crippen MR) is 86.9 cm³/mol. The monoisotopic (exact) mass is 344 g/mol. The van der Waals surface area contributed by atoms with Crippen LogP contribution in [0.15, 0.2) is 33.5 Å². The molecular formula is C17H16N2O6. The first-order valence-electron chi connectivity index (χ1n) is 7.46. The summed E-state index contributed by atoms with van der Waals surface area (Å²) < 4.78 is 15.1. The Kier molecular flexibility index (Phi) is 6.12. The van der Waals surface area contributed by atoms with E-state index in [0.29, 0.717) is 11.3 Å². The molecule has 130 valence electrons. The second-order valence-electron chi connectivity index (χ2n) is 5.11. The largest absolute Gasteiger partial charge is 0.482 e. The van der Waals surface area contributed by atoms with Crippen molar-refractivity contribution < 1.29 is 23.5 Å². The number of nitriles is 1. The lowest BCUT2D eigenvalue weighted by Gasteiger charge is -2.08. The summed E-state index contributed by atoms with van der Waals surface area (Å²) in [4.78, 5) is 34.3. The van der Waals surface area contributed by atoms with Crippen LogP contribution in [0.3, 0.4) is 0 Å². The zero-order valence-electron chi connectivity index (χ0n) is 13.5. The Morgan fingerprint density at radius 2 is 2.08 bits per heavy atom. The van der Waals surface area contributed by atoms with E-state index in [0.717, 1.165) is 10.9 Å². The highest BCUT2D eigenvalue weighted by atomic mass is 16.6. The van der Waals surface area contributed by atoms with Crippen molar-refractivity contribution in [3.63, 3.8) is 0 Å². The predicted octanol–water partition coefficient (Wildman–Crippen LogP) is 1.05. The number of hydrogen-bond donors (Lipinski definition) is 1. The number of hydrogen-bond acceptors (Lipinski definition) is 7. The van der Waals surface area contributed by atoms with Crippen molar-refractivity contribution >= 4 is 22.8 Å². The van der Waals surface area contributed by atoms with E-state index in [2.05, 4.69) is 5.32 Å². The van der Waals surface area contributed by atoms with Crippen LogP contribution < -0.4 is 15.7 Å². The van der Waals surface area contributed by atoms with Gasteiger partial charge in [-0.3, -0.25) is 4.79 Å². The minimum absolute atomic E-state index is 0.181. The van der Waals surface area contributed by atoms with Crippen molar-refractivity contribution in [2.24, 2.45) is 0 Å². The number of rotatable bonds is 7. The Bertz CT molecular complexity index is 881. The van der Waals surface area contributed by atoms with Crippen molar-refractivity contribution in [3.05, 3.63) is 40.2 Å². The van der Waals surface area contributed by atoms with Crippen LogP contribution in [0.5, 0.6) is 5.75 Å². The van der Waals surface area contributed by atoms with E-state index in [1.165, 1.54) is 12.1 Å². The molecule has 8 heteroatoms. The van der Waals surface area contributed by atoms with Gasteiger partial charge in [-0.25, -0.2) is 9.59 Å². The molecule has 1 heterocycles. The fraction of sp³-hybridized carbons (Fsp3) is 0.294. The van der Waals surface area contributed by atoms with Gasteiger partial charge in [0.25, 0.3) is 5.91 Å². The standard InChI is InChI=1S/C17H16N2O6/c1-11-7-16(21)25-14-8-12(3-4-13(11)14)23-10-17(22)24-9-15(20)19-6-2-5-18/h3-4,7-8H,2,6,9-10H2,1H3,(H,19,20). The van der Waals surface area contributed by atoms with Crippen molar-refractivity contribution in [2.45, 2.75) is 13.3 Å². The molecule has 0 saturated carbocycles. The number of fused-ring (bicyclic) bond motifs is 1. The maximum atomic E-state index is 11.6. The second kappa shape index (κ2) is 8.49. The molecule has 1 amide bonds. The van der Waals surface area contributed by atoms with Crippen molar-refractivity contribution in [3.8, 4) is 11.8 Å². The number of esters is 1. The third-order valence-electron chi connectivity index (χ3n) is 3.20. The molecule has 0 bridgehead atoms. The van der Waals surface area contributed by atoms with Gasteiger partial charge in [-0.05, 0) is 24.6 Å². The molecule has 2 aromatic rings. The van der Waals surface area contributed by atoms with Gasteiger partial charge in [0.15, 0.2) is 13.2 Å². The Labute approximate surface area is 142 Å². The first kappa shape index (κ1) is 18.0. The average Bonchev–Trinajstić information content (AvgIpc) is 2.58. The molecule has 1 N–H and O–H groups in total. The van der Waals surface area contributed by atoms with E-state index in [1.54, 1.807) is 19.1 Å². The second-order valence-corrected chi connectivity index (χ2v) is 5.11. The van der Waals surface area contributed by atoms with Crippen molar-refractivity contribution in [1.82, 2.24) is 5.32 Å². The summed E-state index contributed by atoms with van der Waals surface area (Å²) in [6, 6.07) is 8.13. The molecule has 1 aromatic carbocycles. The molecule has 8 nitrogen and oxygen atoms in total. The smallest absolute Gasteiger partial charge is 0.344 e. The quantitative estimate of drug-likeness (QED) is 0.453. The number of amides is 1. The Hall–Kier alpha value is -3.34. The highest BCUT2D eigenvalue weighted by Crippen LogP contribution is 2.22. The highest BCUT2D eigenvalue weighted by molar-refractivity contribution is 5.82. The van der Waals surface area contributed by atoms with E-state index in [1.807, 2.05) is 6.07 Å². The number of aryl methyl sites for hydroxylation is 1. The number of ether oxygens (including phenoxy) is 2. The molecule has 0 unspecified atom stereocenters. The summed E-state index contributed by atoms with van der Waals surface area (Å²) in [7, 11) is 0. The van der Waals surface area contributed by atoms with Gasteiger partial charge in [0.05, 0.1) is 12.5 Å². The first-order chi connectivity index (χ1) is 12.0. The van der Waals surface area contributed by atoms with Crippen LogP contribution in [0.25, 0.3) is 11.0 Å². The molecule has 2 rings (SSSR count). The molecule has 0 aliphatic heterocycles. The molecule has 0 radical (unpaired) electrons. The van der Waals surface area contributed by atoms with E-state index in [-0.39, 0.29) is 13.0 Å². The van der Waals surface area contributed by atoms with Crippen molar-refractivity contribution in [1.29, 1.82) is 5.26 Å². The lowest BCUT2D eigenvalue weighted by Crippen LogP contribution is -2.30. The van der Waals surface area contributed by atoms with Gasteiger partial charge in [0.1, 0.15) is 11.3 Å². The Morgan fingerprint density at radius 3 is 2.84 bits per heavy atom. The molecular weight excluding hydrogens is 328 g/mol. The molecule has 0 aliphatic carbocycles. The molecule has 0 atom stereocenters. The highest BCUT2D eigenvalue weighted by Gasteiger charge is 2.09. The number of nitrogens with one attached hydrogen (secondary N) is 1. The van der Waals surface area contributed by atoms with Crippen LogP contribution >= 0.6 is 0 Å². The topological polar surface area (TPSA) is 119 Å². The van der Waals surface area contributed by atoms with Crippen LogP contribution in [0.4, 0.5) is 0 Å². The first-order valence-corrected chi connectivity index (χ1v) is 7.46. The number of nitrogens with zero attached hydrogens (tertiary/aromatic N) is 1. The summed E-state index contributed by atoms with van der Waals surface area (Å²) in [5, 5.41) is 11.5. The lowest BCUT2D eigenvalue weighted by atomic mass is 10.1. The van der Waals surface area contributed by atoms with Gasteiger partial charge in [-0.1, -0.05) is 0 Å². The molecule has 0 aliphatic rings.